The number of nitrogens with zero attached hydrogens (tertiary/aromatic N) is 4. The monoisotopic (exact) mass is 330 g/mol. The molecule has 1 saturated heterocycles. The molecule has 1 unspecified atom stereocenters. The van der Waals surface area contributed by atoms with Crippen LogP contribution in [0.4, 0.5) is 0 Å². The molecule has 2 heterocycles. The van der Waals surface area contributed by atoms with Crippen molar-refractivity contribution in [3.8, 4) is 6.19 Å². The van der Waals surface area contributed by atoms with Crippen molar-refractivity contribution in [2.75, 3.05) is 19.6 Å². The number of hydrogen-bond acceptors (Lipinski definition) is 4. The number of hydrogen-bond donors (Lipinski definition) is 0. The summed E-state index contributed by atoms with van der Waals surface area (Å²) in [6.45, 7) is 22.7. The molecule has 4 heteroatoms. The van der Waals surface area contributed by atoms with Gasteiger partial charge >= 0.3 is 0 Å². The zero-order chi connectivity index (χ0) is 18.5. The van der Waals surface area contributed by atoms with Crippen LogP contribution in [0.5, 0.6) is 0 Å². The second-order valence-corrected chi connectivity index (χ2v) is 10.3. The van der Waals surface area contributed by atoms with Crippen LogP contribution >= 0.6 is 0 Å². The van der Waals surface area contributed by atoms with Crippen molar-refractivity contribution in [3.05, 3.63) is 11.3 Å². The SMILES string of the molecule is CC(C)(C)C1=NC(C(C)(C)C)C(C(C)(C)C)=C2CN(C#N)CCN12. The second kappa shape index (κ2) is 5.79. The van der Waals surface area contributed by atoms with Gasteiger partial charge in [-0.15, -0.1) is 0 Å². The lowest BCUT2D eigenvalue weighted by Crippen LogP contribution is -2.54. The highest BCUT2D eigenvalue weighted by Gasteiger charge is 2.44. The van der Waals surface area contributed by atoms with E-state index in [1.54, 1.807) is 0 Å². The lowest BCUT2D eigenvalue weighted by molar-refractivity contribution is 0.231. The van der Waals surface area contributed by atoms with Gasteiger partial charge in [-0.25, -0.2) is 0 Å². The van der Waals surface area contributed by atoms with Crippen LogP contribution in [-0.4, -0.2) is 41.3 Å². The molecule has 0 aliphatic carbocycles. The number of amidine groups is 1. The van der Waals surface area contributed by atoms with E-state index in [9.17, 15) is 5.26 Å². The van der Waals surface area contributed by atoms with E-state index in [2.05, 4.69) is 73.4 Å². The molecular formula is C20H34N4. The number of nitriles is 1. The highest BCUT2D eigenvalue weighted by atomic mass is 15.3. The van der Waals surface area contributed by atoms with Gasteiger partial charge in [0, 0.05) is 24.2 Å². The Morgan fingerprint density at radius 1 is 0.958 bits per heavy atom. The summed E-state index contributed by atoms with van der Waals surface area (Å²) in [5.41, 5.74) is 2.76. The molecule has 2 aliphatic heterocycles. The standard InChI is InChI=1S/C20H34N4/c1-18(2,3)15-14-12-23(13-21)10-11-24(14)17(20(7,8)9)22-16(15)19(4,5)6/h16H,10-12H2,1-9H3. The van der Waals surface area contributed by atoms with E-state index < -0.39 is 0 Å². The van der Waals surface area contributed by atoms with Gasteiger partial charge in [-0.2, -0.15) is 5.26 Å². The van der Waals surface area contributed by atoms with Crippen molar-refractivity contribution in [3.63, 3.8) is 0 Å². The number of aliphatic imine (C=N–C) groups is 1. The number of rotatable bonds is 0. The highest BCUT2D eigenvalue weighted by molar-refractivity contribution is 5.90. The van der Waals surface area contributed by atoms with Gasteiger partial charge < -0.3 is 9.80 Å². The van der Waals surface area contributed by atoms with E-state index >= 15 is 0 Å². The van der Waals surface area contributed by atoms with E-state index in [0.29, 0.717) is 6.54 Å². The fourth-order valence-corrected chi connectivity index (χ4v) is 3.73. The molecule has 2 rings (SSSR count). The molecule has 1 fully saturated rings. The van der Waals surface area contributed by atoms with Crippen LogP contribution in [0.2, 0.25) is 0 Å². The average molecular weight is 331 g/mol. The second-order valence-electron chi connectivity index (χ2n) is 10.3. The van der Waals surface area contributed by atoms with E-state index in [-0.39, 0.29) is 22.3 Å². The minimum Gasteiger partial charge on any atom is -0.330 e. The summed E-state index contributed by atoms with van der Waals surface area (Å²) < 4.78 is 0. The molecule has 0 aromatic heterocycles. The summed E-state index contributed by atoms with van der Waals surface area (Å²) in [6.07, 6.45) is 2.35. The Morgan fingerprint density at radius 3 is 1.96 bits per heavy atom. The minimum atomic E-state index is -0.00697. The largest absolute Gasteiger partial charge is 0.330 e. The maximum atomic E-state index is 9.43. The molecule has 4 nitrogen and oxygen atoms in total. The predicted molar refractivity (Wildman–Crippen MR) is 101 cm³/mol. The minimum absolute atomic E-state index is 0.00697. The Morgan fingerprint density at radius 2 is 1.54 bits per heavy atom. The van der Waals surface area contributed by atoms with Crippen molar-refractivity contribution in [2.24, 2.45) is 21.2 Å². The van der Waals surface area contributed by atoms with Gasteiger partial charge in [-0.3, -0.25) is 4.99 Å². The van der Waals surface area contributed by atoms with E-state index in [1.807, 2.05) is 4.90 Å². The number of fused-ring (bicyclic) bond motifs is 1. The van der Waals surface area contributed by atoms with E-state index in [1.165, 1.54) is 17.1 Å². The quantitative estimate of drug-likeness (QED) is 0.623. The normalized spacial score (nSPS) is 23.0. The first-order valence-electron chi connectivity index (χ1n) is 9.01. The van der Waals surface area contributed by atoms with Crippen LogP contribution in [0.25, 0.3) is 0 Å². The topological polar surface area (TPSA) is 42.6 Å². The maximum absolute atomic E-state index is 9.43. The van der Waals surface area contributed by atoms with Crippen molar-refractivity contribution >= 4 is 5.84 Å². The summed E-state index contributed by atoms with van der Waals surface area (Å²) in [5, 5.41) is 9.43. The van der Waals surface area contributed by atoms with Gasteiger partial charge in [-0.1, -0.05) is 62.3 Å². The van der Waals surface area contributed by atoms with Crippen LogP contribution in [-0.2, 0) is 0 Å². The Bertz CT molecular complexity index is 600. The molecule has 0 saturated carbocycles. The van der Waals surface area contributed by atoms with Gasteiger partial charge in [0.05, 0.1) is 12.6 Å². The molecule has 134 valence electrons. The molecule has 0 spiro atoms. The summed E-state index contributed by atoms with van der Waals surface area (Å²) in [7, 11) is 0. The lowest BCUT2D eigenvalue weighted by atomic mass is 9.70. The molecule has 0 N–H and O–H groups in total. The highest BCUT2D eigenvalue weighted by Crippen LogP contribution is 2.45. The smallest absolute Gasteiger partial charge is 0.179 e. The van der Waals surface area contributed by atoms with Crippen LogP contribution < -0.4 is 0 Å². The summed E-state index contributed by atoms with van der Waals surface area (Å²) in [4.78, 5) is 9.57. The lowest BCUT2D eigenvalue weighted by Gasteiger charge is -2.50. The van der Waals surface area contributed by atoms with Gasteiger partial charge in [0.2, 0.25) is 0 Å². The van der Waals surface area contributed by atoms with Crippen molar-refractivity contribution < 1.29 is 0 Å². The summed E-state index contributed by atoms with van der Waals surface area (Å²) in [5.74, 6) is 1.17. The zero-order valence-electron chi connectivity index (χ0n) is 17.0. The van der Waals surface area contributed by atoms with Gasteiger partial charge in [0.1, 0.15) is 5.84 Å². The Balaban J connectivity index is 2.69. The maximum Gasteiger partial charge on any atom is 0.179 e. The van der Waals surface area contributed by atoms with Gasteiger partial charge in [-0.05, 0) is 16.4 Å². The first-order chi connectivity index (χ1) is 10.8. The van der Waals surface area contributed by atoms with Crippen LogP contribution in [0, 0.1) is 27.7 Å². The Labute approximate surface area is 148 Å². The van der Waals surface area contributed by atoms with Crippen LogP contribution in [0.1, 0.15) is 62.3 Å². The average Bonchev–Trinajstić information content (AvgIpc) is 2.41. The Kier molecular flexibility index (Phi) is 4.54. The zero-order valence-corrected chi connectivity index (χ0v) is 17.0. The molecule has 2 aliphatic rings. The Hall–Kier alpha value is -1.50. The van der Waals surface area contributed by atoms with E-state index in [0.717, 1.165) is 13.1 Å². The molecule has 0 radical (unpaired) electrons. The van der Waals surface area contributed by atoms with Crippen molar-refractivity contribution in [1.82, 2.24) is 9.80 Å². The number of piperazine rings is 1. The van der Waals surface area contributed by atoms with Crippen molar-refractivity contribution in [2.45, 2.75) is 68.4 Å². The third-order valence-electron chi connectivity index (χ3n) is 4.79. The van der Waals surface area contributed by atoms with Gasteiger partial charge in [0.25, 0.3) is 0 Å². The molecule has 0 bridgehead atoms. The predicted octanol–water partition coefficient (Wildman–Crippen LogP) is 4.26. The third kappa shape index (κ3) is 3.45. The molecule has 0 aromatic rings. The first kappa shape index (κ1) is 18.8. The third-order valence-corrected chi connectivity index (χ3v) is 4.79. The fraction of sp³-hybridized carbons (Fsp3) is 0.800. The summed E-state index contributed by atoms with van der Waals surface area (Å²) in [6, 6.07) is 0.150. The molecule has 0 aromatic carbocycles. The van der Waals surface area contributed by atoms with E-state index in [4.69, 9.17) is 4.99 Å². The van der Waals surface area contributed by atoms with Crippen LogP contribution in [0.3, 0.4) is 0 Å². The van der Waals surface area contributed by atoms with Crippen LogP contribution in [0.15, 0.2) is 16.3 Å². The molecule has 0 amide bonds. The van der Waals surface area contributed by atoms with Gasteiger partial charge in [0.15, 0.2) is 6.19 Å². The van der Waals surface area contributed by atoms with Crippen molar-refractivity contribution in [1.29, 1.82) is 5.26 Å². The molecule has 24 heavy (non-hydrogen) atoms. The molecule has 1 atom stereocenters. The first-order valence-corrected chi connectivity index (χ1v) is 9.01. The fourth-order valence-electron chi connectivity index (χ4n) is 3.73. The molecular weight excluding hydrogens is 296 g/mol. The summed E-state index contributed by atoms with van der Waals surface area (Å²) >= 11 is 0.